The van der Waals surface area contributed by atoms with Gasteiger partial charge in [0, 0.05) is 19.1 Å². The predicted molar refractivity (Wildman–Crippen MR) is 73.0 cm³/mol. The number of carbonyl (C=O) groups excluding carboxylic acids is 1. The number of carbonyl (C=O) groups is 1. The van der Waals surface area contributed by atoms with Crippen LogP contribution in [0.15, 0.2) is 0 Å². The first-order chi connectivity index (χ1) is 8.57. The van der Waals surface area contributed by atoms with Crippen LogP contribution in [0, 0.1) is 0 Å². The van der Waals surface area contributed by atoms with E-state index in [0.717, 1.165) is 19.4 Å². The fraction of sp³-hybridized carbons (Fsp3) is 0.929. The van der Waals surface area contributed by atoms with Crippen LogP contribution in [0.1, 0.15) is 47.5 Å². The third-order valence-electron chi connectivity index (χ3n) is 4.24. The number of rotatable bonds is 1. The Morgan fingerprint density at radius 3 is 2.53 bits per heavy atom. The highest BCUT2D eigenvalue weighted by atomic mass is 16.6. The number of aliphatic hydroxyl groups is 1. The van der Waals surface area contributed by atoms with E-state index in [1.807, 2.05) is 20.8 Å². The van der Waals surface area contributed by atoms with Gasteiger partial charge in [-0.2, -0.15) is 0 Å². The van der Waals surface area contributed by atoms with E-state index in [1.165, 1.54) is 0 Å². The van der Waals surface area contributed by atoms with E-state index in [2.05, 4.69) is 5.32 Å². The van der Waals surface area contributed by atoms with Crippen LogP contribution in [0.4, 0.5) is 4.79 Å². The van der Waals surface area contributed by atoms with Crippen molar-refractivity contribution in [3.05, 3.63) is 0 Å². The highest BCUT2D eigenvalue weighted by Gasteiger charge is 2.59. The number of fused-ring (bicyclic) bond motifs is 2. The number of nitrogens with zero attached hydrogens (tertiary/aromatic N) is 1. The first kappa shape index (κ1) is 14.6. The molecule has 2 aliphatic heterocycles. The molecule has 19 heavy (non-hydrogen) atoms. The van der Waals surface area contributed by atoms with E-state index in [0.29, 0.717) is 6.54 Å². The number of amides is 1. The summed E-state index contributed by atoms with van der Waals surface area (Å²) in [5.41, 5.74) is -2.02. The van der Waals surface area contributed by atoms with Crippen molar-refractivity contribution in [1.29, 1.82) is 0 Å². The van der Waals surface area contributed by atoms with Gasteiger partial charge in [-0.15, -0.1) is 0 Å². The molecule has 0 aromatic carbocycles. The summed E-state index contributed by atoms with van der Waals surface area (Å²) in [6, 6.07) is 0.120. The Morgan fingerprint density at radius 2 is 2.00 bits per heavy atom. The van der Waals surface area contributed by atoms with E-state index >= 15 is 0 Å². The molecule has 5 nitrogen and oxygen atoms in total. The Bertz CT molecular complexity index is 366. The van der Waals surface area contributed by atoms with Crippen LogP contribution in [0.2, 0.25) is 0 Å². The molecule has 1 amide bonds. The zero-order chi connectivity index (χ0) is 14.5. The number of hydrogen-bond acceptors (Lipinski definition) is 4. The molecule has 2 atom stereocenters. The third kappa shape index (κ3) is 2.46. The van der Waals surface area contributed by atoms with Crippen molar-refractivity contribution >= 4 is 6.09 Å². The second kappa shape index (κ2) is 4.35. The Balaban J connectivity index is 2.29. The van der Waals surface area contributed by atoms with Gasteiger partial charge >= 0.3 is 6.09 Å². The number of nitrogens with one attached hydrogen (secondary N) is 1. The van der Waals surface area contributed by atoms with Gasteiger partial charge < -0.3 is 15.2 Å². The third-order valence-corrected chi connectivity index (χ3v) is 4.24. The van der Waals surface area contributed by atoms with Gasteiger partial charge in [-0.3, -0.25) is 4.90 Å². The Hall–Kier alpha value is -0.810. The van der Waals surface area contributed by atoms with Gasteiger partial charge in [-0.1, -0.05) is 0 Å². The molecule has 0 aromatic heterocycles. The van der Waals surface area contributed by atoms with Crippen LogP contribution in [0.3, 0.4) is 0 Å². The first-order valence-electron chi connectivity index (χ1n) is 7.02. The van der Waals surface area contributed by atoms with Gasteiger partial charge in [-0.25, -0.2) is 4.79 Å². The van der Waals surface area contributed by atoms with E-state index < -0.39 is 16.7 Å². The molecule has 2 unspecified atom stereocenters. The molecule has 0 saturated carbocycles. The van der Waals surface area contributed by atoms with Gasteiger partial charge in [0.05, 0.1) is 11.1 Å². The monoisotopic (exact) mass is 270 g/mol. The maximum absolute atomic E-state index is 12.5. The van der Waals surface area contributed by atoms with Crippen molar-refractivity contribution in [2.45, 2.75) is 70.2 Å². The zero-order valence-corrected chi connectivity index (χ0v) is 12.6. The van der Waals surface area contributed by atoms with Gasteiger partial charge in [0.1, 0.15) is 5.60 Å². The standard InChI is InChI=1S/C14H26N2O3/c1-12(2,3)19-11(17)16-10-6-7-14(16,9-15-8-10)13(4,5)18/h10,15,18H,6-9H2,1-5H3. The molecule has 2 N–H and O–H groups in total. The van der Waals surface area contributed by atoms with Crippen molar-refractivity contribution < 1.29 is 14.6 Å². The minimum absolute atomic E-state index is 0.120. The van der Waals surface area contributed by atoms with Gasteiger partial charge in [0.25, 0.3) is 0 Å². The minimum Gasteiger partial charge on any atom is -0.444 e. The van der Waals surface area contributed by atoms with E-state index in [-0.39, 0.29) is 12.1 Å². The lowest BCUT2D eigenvalue weighted by atomic mass is 9.79. The first-order valence-corrected chi connectivity index (χ1v) is 7.02. The average Bonchev–Trinajstić information content (AvgIpc) is 2.44. The lowest BCUT2D eigenvalue weighted by Crippen LogP contribution is -2.70. The summed E-state index contributed by atoms with van der Waals surface area (Å²) in [7, 11) is 0. The van der Waals surface area contributed by atoms with Crippen molar-refractivity contribution in [3.8, 4) is 0 Å². The Morgan fingerprint density at radius 1 is 1.37 bits per heavy atom. The van der Waals surface area contributed by atoms with Crippen molar-refractivity contribution in [3.63, 3.8) is 0 Å². The van der Waals surface area contributed by atoms with E-state index in [4.69, 9.17) is 4.74 Å². The lowest BCUT2D eigenvalue weighted by Gasteiger charge is -2.51. The van der Waals surface area contributed by atoms with Crippen LogP contribution in [-0.2, 0) is 4.74 Å². The molecule has 2 heterocycles. The average molecular weight is 270 g/mol. The maximum Gasteiger partial charge on any atom is 0.411 e. The largest absolute Gasteiger partial charge is 0.444 e. The topological polar surface area (TPSA) is 61.8 Å². The fourth-order valence-electron chi connectivity index (χ4n) is 3.27. The predicted octanol–water partition coefficient (Wildman–Crippen LogP) is 1.50. The molecular formula is C14H26N2O3. The zero-order valence-electron chi connectivity index (χ0n) is 12.6. The molecule has 2 fully saturated rings. The summed E-state index contributed by atoms with van der Waals surface area (Å²) in [4.78, 5) is 14.3. The quantitative estimate of drug-likeness (QED) is 0.758. The number of hydrogen-bond donors (Lipinski definition) is 2. The molecular weight excluding hydrogens is 244 g/mol. The summed E-state index contributed by atoms with van der Waals surface area (Å²) in [5.74, 6) is 0. The maximum atomic E-state index is 12.5. The fourth-order valence-corrected chi connectivity index (χ4v) is 3.27. The molecule has 0 aromatic rings. The van der Waals surface area contributed by atoms with Crippen LogP contribution in [0.25, 0.3) is 0 Å². The van der Waals surface area contributed by atoms with Gasteiger partial charge in [-0.05, 0) is 47.5 Å². The summed E-state index contributed by atoms with van der Waals surface area (Å²) in [6.45, 7) is 10.5. The molecule has 2 aliphatic rings. The summed E-state index contributed by atoms with van der Waals surface area (Å²) in [5, 5.41) is 13.9. The van der Waals surface area contributed by atoms with E-state index in [9.17, 15) is 9.90 Å². The van der Waals surface area contributed by atoms with Crippen LogP contribution >= 0.6 is 0 Å². The summed E-state index contributed by atoms with van der Waals surface area (Å²) >= 11 is 0. The van der Waals surface area contributed by atoms with Crippen LogP contribution in [-0.4, -0.2) is 52.0 Å². The molecule has 0 spiro atoms. The SMILES string of the molecule is CC(C)(C)OC(=O)N1C2CCC1(C(C)(C)O)CNC2. The number of ether oxygens (including phenoxy) is 1. The van der Waals surface area contributed by atoms with Gasteiger partial charge in [0.2, 0.25) is 0 Å². The second-order valence-corrected chi connectivity index (χ2v) is 7.26. The Labute approximate surface area is 115 Å². The van der Waals surface area contributed by atoms with E-state index in [1.54, 1.807) is 18.7 Å². The summed E-state index contributed by atoms with van der Waals surface area (Å²) in [6.07, 6.45) is 1.42. The molecule has 0 radical (unpaired) electrons. The molecule has 2 bridgehead atoms. The highest BCUT2D eigenvalue weighted by molar-refractivity contribution is 5.71. The molecule has 2 saturated heterocycles. The normalized spacial score (nSPS) is 31.5. The molecule has 2 rings (SSSR count). The van der Waals surface area contributed by atoms with Crippen molar-refractivity contribution in [2.75, 3.05) is 13.1 Å². The minimum atomic E-state index is -0.952. The number of piperazine rings is 1. The smallest absolute Gasteiger partial charge is 0.411 e. The summed E-state index contributed by atoms with van der Waals surface area (Å²) < 4.78 is 5.53. The molecule has 110 valence electrons. The van der Waals surface area contributed by atoms with Crippen LogP contribution in [0.5, 0.6) is 0 Å². The highest BCUT2D eigenvalue weighted by Crippen LogP contribution is 2.44. The van der Waals surface area contributed by atoms with Crippen molar-refractivity contribution in [2.24, 2.45) is 0 Å². The lowest BCUT2D eigenvalue weighted by molar-refractivity contribution is -0.0944. The van der Waals surface area contributed by atoms with Crippen LogP contribution < -0.4 is 5.32 Å². The van der Waals surface area contributed by atoms with Crippen molar-refractivity contribution in [1.82, 2.24) is 10.2 Å². The van der Waals surface area contributed by atoms with Gasteiger partial charge in [0.15, 0.2) is 0 Å². The molecule has 0 aliphatic carbocycles. The Kier molecular flexibility index (Phi) is 3.34. The second-order valence-electron chi connectivity index (χ2n) is 7.26. The molecule has 5 heteroatoms.